The molecular formula is C15H14ClNO2S. The van der Waals surface area contributed by atoms with Gasteiger partial charge in [-0.25, -0.2) is 8.42 Å². The van der Waals surface area contributed by atoms with Gasteiger partial charge in [-0.3, -0.25) is 4.31 Å². The van der Waals surface area contributed by atoms with E-state index in [9.17, 15) is 8.42 Å². The van der Waals surface area contributed by atoms with Crippen LogP contribution in [-0.4, -0.2) is 15.0 Å². The molecule has 104 valence electrons. The van der Waals surface area contributed by atoms with Crippen LogP contribution in [0.25, 0.3) is 0 Å². The number of hydrogen-bond acceptors (Lipinski definition) is 2. The molecule has 0 saturated heterocycles. The van der Waals surface area contributed by atoms with E-state index in [0.717, 1.165) is 23.2 Å². The average molecular weight is 308 g/mol. The first-order chi connectivity index (χ1) is 9.50. The van der Waals surface area contributed by atoms with Crippen molar-refractivity contribution in [3.05, 3.63) is 58.6 Å². The number of anilines is 1. The molecule has 3 nitrogen and oxygen atoms in total. The van der Waals surface area contributed by atoms with Crippen molar-refractivity contribution < 1.29 is 8.42 Å². The van der Waals surface area contributed by atoms with Crippen LogP contribution in [0.2, 0.25) is 5.02 Å². The van der Waals surface area contributed by atoms with E-state index in [-0.39, 0.29) is 4.90 Å². The Morgan fingerprint density at radius 3 is 2.65 bits per heavy atom. The van der Waals surface area contributed by atoms with Crippen molar-refractivity contribution in [2.24, 2.45) is 0 Å². The van der Waals surface area contributed by atoms with E-state index < -0.39 is 10.0 Å². The molecule has 0 amide bonds. The maximum Gasteiger partial charge on any atom is 0.264 e. The van der Waals surface area contributed by atoms with Crippen molar-refractivity contribution in [3.63, 3.8) is 0 Å². The highest BCUT2D eigenvalue weighted by atomic mass is 35.5. The van der Waals surface area contributed by atoms with Gasteiger partial charge in [-0.2, -0.15) is 0 Å². The zero-order valence-corrected chi connectivity index (χ0v) is 12.6. The van der Waals surface area contributed by atoms with E-state index in [2.05, 4.69) is 0 Å². The molecule has 0 fully saturated rings. The van der Waals surface area contributed by atoms with Gasteiger partial charge in [0, 0.05) is 11.6 Å². The summed E-state index contributed by atoms with van der Waals surface area (Å²) < 4.78 is 27.0. The van der Waals surface area contributed by atoms with Crippen molar-refractivity contribution in [2.45, 2.75) is 18.2 Å². The van der Waals surface area contributed by atoms with Gasteiger partial charge in [0.15, 0.2) is 0 Å². The fourth-order valence-electron chi connectivity index (χ4n) is 2.46. The summed E-state index contributed by atoms with van der Waals surface area (Å²) in [6.07, 6.45) is 0.752. The number of halogens is 1. The molecule has 2 aromatic carbocycles. The van der Waals surface area contributed by atoms with Gasteiger partial charge in [-0.05, 0) is 48.7 Å². The minimum atomic E-state index is -3.52. The van der Waals surface area contributed by atoms with E-state index in [0.29, 0.717) is 11.6 Å². The van der Waals surface area contributed by atoms with E-state index in [1.54, 1.807) is 25.1 Å². The summed E-state index contributed by atoms with van der Waals surface area (Å²) in [7, 11) is -3.52. The lowest BCUT2D eigenvalue weighted by Crippen LogP contribution is -2.29. The number of para-hydroxylation sites is 1. The number of fused-ring (bicyclic) bond motifs is 1. The van der Waals surface area contributed by atoms with Crippen molar-refractivity contribution in [1.82, 2.24) is 0 Å². The van der Waals surface area contributed by atoms with Crippen molar-refractivity contribution in [3.8, 4) is 0 Å². The van der Waals surface area contributed by atoms with Crippen LogP contribution in [-0.2, 0) is 16.4 Å². The van der Waals surface area contributed by atoms with Gasteiger partial charge in [0.1, 0.15) is 0 Å². The SMILES string of the molecule is Cc1cc(S(=O)(=O)N2CCc3ccccc32)ccc1Cl. The third-order valence-electron chi connectivity index (χ3n) is 3.56. The minimum absolute atomic E-state index is 0.288. The highest BCUT2D eigenvalue weighted by Crippen LogP contribution is 2.33. The average Bonchev–Trinajstić information content (AvgIpc) is 2.86. The lowest BCUT2D eigenvalue weighted by Gasteiger charge is -2.20. The highest BCUT2D eigenvalue weighted by molar-refractivity contribution is 7.92. The highest BCUT2D eigenvalue weighted by Gasteiger charge is 2.30. The van der Waals surface area contributed by atoms with Gasteiger partial charge < -0.3 is 0 Å². The van der Waals surface area contributed by atoms with Crippen molar-refractivity contribution in [1.29, 1.82) is 0 Å². The number of hydrogen-bond donors (Lipinski definition) is 0. The number of nitrogens with zero attached hydrogens (tertiary/aromatic N) is 1. The van der Waals surface area contributed by atoms with Crippen molar-refractivity contribution >= 4 is 27.3 Å². The summed E-state index contributed by atoms with van der Waals surface area (Å²) in [4.78, 5) is 0.288. The van der Waals surface area contributed by atoms with Crippen LogP contribution in [0.4, 0.5) is 5.69 Å². The smallest absolute Gasteiger partial charge is 0.264 e. The molecule has 1 heterocycles. The molecule has 3 rings (SSSR count). The molecule has 20 heavy (non-hydrogen) atoms. The Kier molecular flexibility index (Phi) is 3.22. The third kappa shape index (κ3) is 2.09. The Morgan fingerprint density at radius 2 is 1.90 bits per heavy atom. The maximum atomic E-state index is 12.7. The van der Waals surface area contributed by atoms with E-state index in [1.807, 2.05) is 24.3 Å². The molecular weight excluding hydrogens is 294 g/mol. The van der Waals surface area contributed by atoms with Crippen LogP contribution in [0.15, 0.2) is 47.4 Å². The Labute approximate surface area is 123 Å². The second-order valence-corrected chi connectivity index (χ2v) is 7.14. The summed E-state index contributed by atoms with van der Waals surface area (Å²) in [6.45, 7) is 2.29. The maximum absolute atomic E-state index is 12.7. The predicted molar refractivity (Wildman–Crippen MR) is 80.9 cm³/mol. The van der Waals surface area contributed by atoms with Crippen LogP contribution >= 0.6 is 11.6 Å². The van der Waals surface area contributed by atoms with Crippen LogP contribution in [0.1, 0.15) is 11.1 Å². The van der Waals surface area contributed by atoms with Crippen LogP contribution in [0.3, 0.4) is 0 Å². The Morgan fingerprint density at radius 1 is 1.15 bits per heavy atom. The summed E-state index contributed by atoms with van der Waals surface area (Å²) in [5.74, 6) is 0. The van der Waals surface area contributed by atoms with Crippen LogP contribution in [0.5, 0.6) is 0 Å². The Balaban J connectivity index is 2.07. The first-order valence-corrected chi connectivity index (χ1v) is 8.19. The Bertz CT molecular complexity index is 771. The number of rotatable bonds is 2. The lowest BCUT2D eigenvalue weighted by molar-refractivity contribution is 0.592. The summed E-state index contributed by atoms with van der Waals surface area (Å²) in [5.41, 5.74) is 2.61. The summed E-state index contributed by atoms with van der Waals surface area (Å²) >= 11 is 5.96. The molecule has 0 spiro atoms. The topological polar surface area (TPSA) is 37.4 Å². The largest absolute Gasteiger partial charge is 0.266 e. The van der Waals surface area contributed by atoms with Crippen LogP contribution in [0, 0.1) is 6.92 Å². The molecule has 0 aliphatic carbocycles. The van der Waals surface area contributed by atoms with Gasteiger partial charge >= 0.3 is 0 Å². The molecule has 0 aromatic heterocycles. The second-order valence-electron chi connectivity index (χ2n) is 4.87. The van der Waals surface area contributed by atoms with Gasteiger partial charge in [0.25, 0.3) is 10.0 Å². The molecule has 1 aliphatic heterocycles. The van der Waals surface area contributed by atoms with Crippen molar-refractivity contribution in [2.75, 3.05) is 10.8 Å². The van der Waals surface area contributed by atoms with E-state index in [1.165, 1.54) is 4.31 Å². The molecule has 5 heteroatoms. The number of aryl methyl sites for hydroxylation is 1. The molecule has 2 aromatic rings. The zero-order chi connectivity index (χ0) is 14.3. The van der Waals surface area contributed by atoms with Gasteiger partial charge in [-0.1, -0.05) is 29.8 Å². The van der Waals surface area contributed by atoms with E-state index in [4.69, 9.17) is 11.6 Å². The molecule has 0 atom stereocenters. The fourth-order valence-corrected chi connectivity index (χ4v) is 4.17. The number of sulfonamides is 1. The monoisotopic (exact) mass is 307 g/mol. The second kappa shape index (κ2) is 4.79. The Hall–Kier alpha value is -1.52. The summed E-state index contributed by atoms with van der Waals surface area (Å²) in [5, 5.41) is 0.575. The van der Waals surface area contributed by atoms with Gasteiger partial charge in [0.05, 0.1) is 10.6 Å². The quantitative estimate of drug-likeness (QED) is 0.852. The molecule has 0 saturated carbocycles. The van der Waals surface area contributed by atoms with Crippen LogP contribution < -0.4 is 4.31 Å². The molecule has 1 aliphatic rings. The van der Waals surface area contributed by atoms with E-state index >= 15 is 0 Å². The summed E-state index contributed by atoms with van der Waals surface area (Å²) in [6, 6.07) is 12.4. The predicted octanol–water partition coefficient (Wildman–Crippen LogP) is 3.40. The first kappa shape index (κ1) is 13.5. The normalized spacial score (nSPS) is 14.4. The standard InChI is InChI=1S/C15H14ClNO2S/c1-11-10-13(6-7-14(11)16)20(18,19)17-9-8-12-4-2-3-5-15(12)17/h2-7,10H,8-9H2,1H3. The molecule has 0 radical (unpaired) electrons. The fraction of sp³-hybridized carbons (Fsp3) is 0.200. The molecule has 0 unspecified atom stereocenters. The third-order valence-corrected chi connectivity index (χ3v) is 5.80. The molecule has 0 N–H and O–H groups in total. The zero-order valence-electron chi connectivity index (χ0n) is 11.0. The number of benzene rings is 2. The lowest BCUT2D eigenvalue weighted by atomic mass is 10.2. The minimum Gasteiger partial charge on any atom is -0.266 e. The first-order valence-electron chi connectivity index (χ1n) is 6.37. The van der Waals surface area contributed by atoms with Gasteiger partial charge in [-0.15, -0.1) is 0 Å². The molecule has 0 bridgehead atoms. The van der Waals surface area contributed by atoms with Gasteiger partial charge in [0.2, 0.25) is 0 Å².